The number of aryl methyl sites for hydroxylation is 2. The molecular formula is C11H20N4. The summed E-state index contributed by atoms with van der Waals surface area (Å²) in [5.74, 6) is 1.85. The van der Waals surface area contributed by atoms with Crippen LogP contribution in [0.15, 0.2) is 0 Å². The smallest absolute Gasteiger partial charge is 0.148 e. The van der Waals surface area contributed by atoms with Crippen LogP contribution in [-0.2, 0) is 13.5 Å². The van der Waals surface area contributed by atoms with Crippen molar-refractivity contribution in [1.29, 1.82) is 0 Å². The molecule has 15 heavy (non-hydrogen) atoms. The largest absolute Gasteiger partial charge is 0.380 e. The van der Waals surface area contributed by atoms with E-state index < -0.39 is 0 Å². The lowest BCUT2D eigenvalue weighted by Crippen LogP contribution is -2.18. The molecule has 1 unspecified atom stereocenters. The number of hydrogen-bond acceptors (Lipinski definition) is 3. The van der Waals surface area contributed by atoms with Gasteiger partial charge in [0.15, 0.2) is 0 Å². The van der Waals surface area contributed by atoms with Gasteiger partial charge in [0.2, 0.25) is 0 Å². The Morgan fingerprint density at radius 1 is 1.33 bits per heavy atom. The monoisotopic (exact) mass is 208 g/mol. The van der Waals surface area contributed by atoms with Crippen LogP contribution in [0.1, 0.15) is 26.0 Å². The SMILES string of the molecule is CCc1nn(C)c2c1NCC(CC)CN2. The van der Waals surface area contributed by atoms with Gasteiger partial charge in [-0.15, -0.1) is 0 Å². The Morgan fingerprint density at radius 2 is 2.07 bits per heavy atom. The molecule has 0 bridgehead atoms. The molecule has 1 aliphatic heterocycles. The summed E-state index contributed by atoms with van der Waals surface area (Å²) in [4.78, 5) is 0. The second kappa shape index (κ2) is 4.13. The quantitative estimate of drug-likeness (QED) is 0.779. The molecule has 0 aliphatic carbocycles. The summed E-state index contributed by atoms with van der Waals surface area (Å²) < 4.78 is 1.94. The fourth-order valence-corrected chi connectivity index (χ4v) is 2.06. The molecule has 0 saturated heterocycles. The van der Waals surface area contributed by atoms with E-state index in [1.807, 2.05) is 11.7 Å². The lowest BCUT2D eigenvalue weighted by atomic mass is 10.1. The highest BCUT2D eigenvalue weighted by Crippen LogP contribution is 2.28. The van der Waals surface area contributed by atoms with Crippen molar-refractivity contribution in [1.82, 2.24) is 9.78 Å². The number of rotatable bonds is 2. The molecule has 0 saturated carbocycles. The highest BCUT2D eigenvalue weighted by atomic mass is 15.3. The Kier molecular flexibility index (Phi) is 2.84. The molecule has 1 aliphatic rings. The van der Waals surface area contributed by atoms with Crippen molar-refractivity contribution in [2.24, 2.45) is 13.0 Å². The molecule has 1 atom stereocenters. The Hall–Kier alpha value is -1.19. The number of nitrogens with one attached hydrogen (secondary N) is 2. The van der Waals surface area contributed by atoms with Crippen molar-refractivity contribution in [2.45, 2.75) is 26.7 Å². The maximum atomic E-state index is 4.49. The molecule has 0 spiro atoms. The third-order valence-corrected chi connectivity index (χ3v) is 3.16. The zero-order valence-corrected chi connectivity index (χ0v) is 9.80. The van der Waals surface area contributed by atoms with Gasteiger partial charge in [0.05, 0.1) is 5.69 Å². The lowest BCUT2D eigenvalue weighted by Gasteiger charge is -2.11. The number of hydrogen-bond donors (Lipinski definition) is 2. The normalized spacial score (nSPS) is 20.1. The molecule has 0 aromatic carbocycles. The predicted molar refractivity (Wildman–Crippen MR) is 63.3 cm³/mol. The van der Waals surface area contributed by atoms with Gasteiger partial charge in [-0.05, 0) is 18.8 Å². The zero-order valence-electron chi connectivity index (χ0n) is 9.80. The number of anilines is 2. The van der Waals surface area contributed by atoms with E-state index in [4.69, 9.17) is 0 Å². The van der Waals surface area contributed by atoms with Crippen molar-refractivity contribution in [3.63, 3.8) is 0 Å². The second-order valence-electron chi connectivity index (χ2n) is 4.18. The van der Waals surface area contributed by atoms with Crippen LogP contribution in [0.5, 0.6) is 0 Å². The van der Waals surface area contributed by atoms with E-state index >= 15 is 0 Å². The summed E-state index contributed by atoms with van der Waals surface area (Å²) in [6.07, 6.45) is 2.19. The molecule has 0 fully saturated rings. The van der Waals surface area contributed by atoms with E-state index in [0.717, 1.165) is 31.0 Å². The standard InChI is InChI=1S/C11H20N4/c1-4-8-6-12-10-9(5-2)14-15(3)11(10)13-7-8/h8,12-13H,4-7H2,1-3H3. The molecule has 4 nitrogen and oxygen atoms in total. The highest BCUT2D eigenvalue weighted by Gasteiger charge is 2.20. The average Bonchev–Trinajstić information content (AvgIpc) is 2.45. The third kappa shape index (κ3) is 1.80. The topological polar surface area (TPSA) is 41.9 Å². The second-order valence-corrected chi connectivity index (χ2v) is 4.18. The Labute approximate surface area is 91.1 Å². The number of nitrogens with zero attached hydrogens (tertiary/aromatic N) is 2. The first-order chi connectivity index (χ1) is 7.26. The summed E-state index contributed by atoms with van der Waals surface area (Å²) in [5.41, 5.74) is 2.37. The van der Waals surface area contributed by atoms with Crippen LogP contribution < -0.4 is 10.6 Å². The molecule has 1 aromatic rings. The van der Waals surface area contributed by atoms with Gasteiger partial charge in [0.1, 0.15) is 11.5 Å². The fraction of sp³-hybridized carbons (Fsp3) is 0.727. The maximum absolute atomic E-state index is 4.49. The van der Waals surface area contributed by atoms with Gasteiger partial charge in [-0.25, -0.2) is 0 Å². The van der Waals surface area contributed by atoms with Crippen LogP contribution in [0.4, 0.5) is 11.5 Å². The van der Waals surface area contributed by atoms with Crippen LogP contribution >= 0.6 is 0 Å². The minimum Gasteiger partial charge on any atom is -0.380 e. The zero-order chi connectivity index (χ0) is 10.8. The van der Waals surface area contributed by atoms with Crippen molar-refractivity contribution in [3.05, 3.63) is 5.69 Å². The molecule has 4 heteroatoms. The van der Waals surface area contributed by atoms with Crippen molar-refractivity contribution in [2.75, 3.05) is 23.7 Å². The van der Waals surface area contributed by atoms with Gasteiger partial charge in [-0.3, -0.25) is 4.68 Å². The van der Waals surface area contributed by atoms with Crippen molar-refractivity contribution >= 4 is 11.5 Å². The lowest BCUT2D eigenvalue weighted by molar-refractivity contribution is 0.566. The van der Waals surface area contributed by atoms with Crippen molar-refractivity contribution in [3.8, 4) is 0 Å². The van der Waals surface area contributed by atoms with E-state index in [1.165, 1.54) is 12.1 Å². The van der Waals surface area contributed by atoms with E-state index in [1.54, 1.807) is 0 Å². The van der Waals surface area contributed by atoms with Gasteiger partial charge in [-0.2, -0.15) is 5.10 Å². The van der Waals surface area contributed by atoms with Crippen LogP contribution in [0, 0.1) is 5.92 Å². The molecule has 0 radical (unpaired) electrons. The van der Waals surface area contributed by atoms with Crippen LogP contribution in [0.25, 0.3) is 0 Å². The Morgan fingerprint density at radius 3 is 2.73 bits per heavy atom. The summed E-state index contributed by atoms with van der Waals surface area (Å²) in [5, 5.41) is 11.5. The Balaban J connectivity index is 2.27. The Bertz CT molecular complexity index is 343. The van der Waals surface area contributed by atoms with Gasteiger partial charge in [0.25, 0.3) is 0 Å². The van der Waals surface area contributed by atoms with Gasteiger partial charge in [0, 0.05) is 20.1 Å². The number of fused-ring (bicyclic) bond motifs is 1. The van der Waals surface area contributed by atoms with Gasteiger partial charge in [-0.1, -0.05) is 13.8 Å². The van der Waals surface area contributed by atoms with E-state index in [2.05, 4.69) is 29.6 Å². The minimum atomic E-state index is 0.710. The summed E-state index contributed by atoms with van der Waals surface area (Å²) in [7, 11) is 2.00. The molecule has 84 valence electrons. The minimum absolute atomic E-state index is 0.710. The molecule has 2 N–H and O–H groups in total. The predicted octanol–water partition coefficient (Wildman–Crippen LogP) is 1.85. The van der Waals surface area contributed by atoms with Crippen LogP contribution in [0.3, 0.4) is 0 Å². The average molecular weight is 208 g/mol. The maximum Gasteiger partial charge on any atom is 0.148 e. The van der Waals surface area contributed by atoms with E-state index in [9.17, 15) is 0 Å². The van der Waals surface area contributed by atoms with Crippen LogP contribution in [0.2, 0.25) is 0 Å². The third-order valence-electron chi connectivity index (χ3n) is 3.16. The molecule has 0 amide bonds. The summed E-state index contributed by atoms with van der Waals surface area (Å²) in [6.45, 7) is 6.48. The summed E-state index contributed by atoms with van der Waals surface area (Å²) >= 11 is 0. The van der Waals surface area contributed by atoms with Gasteiger partial charge < -0.3 is 10.6 Å². The summed E-state index contributed by atoms with van der Waals surface area (Å²) in [6, 6.07) is 0. The van der Waals surface area contributed by atoms with Gasteiger partial charge >= 0.3 is 0 Å². The molecule has 2 rings (SSSR count). The van der Waals surface area contributed by atoms with Crippen molar-refractivity contribution < 1.29 is 0 Å². The first kappa shape index (κ1) is 10.3. The number of aromatic nitrogens is 2. The highest BCUT2D eigenvalue weighted by molar-refractivity contribution is 5.69. The van der Waals surface area contributed by atoms with Crippen LogP contribution in [-0.4, -0.2) is 22.9 Å². The first-order valence-corrected chi connectivity index (χ1v) is 5.79. The first-order valence-electron chi connectivity index (χ1n) is 5.79. The molecular weight excluding hydrogens is 188 g/mol. The molecule has 2 heterocycles. The van der Waals surface area contributed by atoms with E-state index in [-0.39, 0.29) is 0 Å². The fourth-order valence-electron chi connectivity index (χ4n) is 2.06. The molecule has 1 aromatic heterocycles. The van der Waals surface area contributed by atoms with E-state index in [0.29, 0.717) is 5.92 Å².